The summed E-state index contributed by atoms with van der Waals surface area (Å²) in [5.41, 5.74) is 2.25. The third-order valence-electron chi connectivity index (χ3n) is 3.62. The third kappa shape index (κ3) is 1.61. The van der Waals surface area contributed by atoms with Crippen molar-refractivity contribution in [2.75, 3.05) is 5.75 Å². The average Bonchev–Trinajstić information content (AvgIpc) is 2.35. The van der Waals surface area contributed by atoms with E-state index in [-0.39, 0.29) is 11.3 Å². The van der Waals surface area contributed by atoms with Gasteiger partial charge in [-0.1, -0.05) is 19.9 Å². The molecule has 1 aliphatic heterocycles. The van der Waals surface area contributed by atoms with E-state index in [9.17, 15) is 4.79 Å². The number of aromatic nitrogens is 1. The standard InChI is InChI=1S/C15H17NOS/c1-9(2)12-7-16-10(3)8-18-13-6-4-5-11(14(13)16)15(12)17/h4-7,9-10H,8H2,1-3H3. The van der Waals surface area contributed by atoms with Gasteiger partial charge in [-0.3, -0.25) is 4.79 Å². The lowest BCUT2D eigenvalue weighted by atomic mass is 10.0. The highest BCUT2D eigenvalue weighted by Gasteiger charge is 2.21. The normalized spacial score (nSPS) is 18.6. The van der Waals surface area contributed by atoms with E-state index < -0.39 is 0 Å². The van der Waals surface area contributed by atoms with Crippen LogP contribution in [0.4, 0.5) is 0 Å². The van der Waals surface area contributed by atoms with E-state index in [0.717, 1.165) is 22.2 Å². The van der Waals surface area contributed by atoms with Crippen molar-refractivity contribution in [1.82, 2.24) is 4.57 Å². The van der Waals surface area contributed by atoms with Crippen LogP contribution in [0.2, 0.25) is 0 Å². The molecule has 94 valence electrons. The van der Waals surface area contributed by atoms with Gasteiger partial charge in [-0.25, -0.2) is 0 Å². The first kappa shape index (κ1) is 11.8. The lowest BCUT2D eigenvalue weighted by molar-refractivity contribution is 0.610. The second-order valence-corrected chi connectivity index (χ2v) is 6.35. The van der Waals surface area contributed by atoms with Crippen molar-refractivity contribution >= 4 is 22.7 Å². The molecule has 18 heavy (non-hydrogen) atoms. The predicted octanol–water partition coefficient (Wildman–Crippen LogP) is 3.79. The molecule has 1 atom stereocenters. The summed E-state index contributed by atoms with van der Waals surface area (Å²) < 4.78 is 2.29. The summed E-state index contributed by atoms with van der Waals surface area (Å²) in [6.07, 6.45) is 2.07. The number of benzene rings is 1. The van der Waals surface area contributed by atoms with Crippen LogP contribution in [0, 0.1) is 0 Å². The van der Waals surface area contributed by atoms with Crippen molar-refractivity contribution in [3.63, 3.8) is 0 Å². The number of hydrogen-bond donors (Lipinski definition) is 0. The molecule has 0 aliphatic carbocycles. The SMILES string of the molecule is CC(C)c1cn2c3c(cccc3c1=O)SCC2C. The van der Waals surface area contributed by atoms with E-state index in [0.29, 0.717) is 6.04 Å². The highest BCUT2D eigenvalue weighted by atomic mass is 32.2. The van der Waals surface area contributed by atoms with Gasteiger partial charge in [0.25, 0.3) is 0 Å². The Morgan fingerprint density at radius 3 is 2.89 bits per heavy atom. The van der Waals surface area contributed by atoms with E-state index in [1.807, 2.05) is 23.9 Å². The van der Waals surface area contributed by atoms with Crippen molar-refractivity contribution in [3.05, 3.63) is 40.2 Å². The molecule has 2 aromatic rings. The maximum absolute atomic E-state index is 12.5. The number of pyridine rings is 1. The van der Waals surface area contributed by atoms with Gasteiger partial charge in [-0.15, -0.1) is 11.8 Å². The topological polar surface area (TPSA) is 22.0 Å². The smallest absolute Gasteiger partial charge is 0.192 e. The number of thioether (sulfide) groups is 1. The molecule has 0 saturated heterocycles. The zero-order valence-corrected chi connectivity index (χ0v) is 11.8. The summed E-state index contributed by atoms with van der Waals surface area (Å²) in [6, 6.07) is 6.52. The van der Waals surface area contributed by atoms with E-state index in [1.54, 1.807) is 0 Å². The Kier molecular flexibility index (Phi) is 2.74. The molecule has 0 radical (unpaired) electrons. The van der Waals surface area contributed by atoms with Gasteiger partial charge in [0.1, 0.15) is 0 Å². The zero-order valence-electron chi connectivity index (χ0n) is 10.9. The van der Waals surface area contributed by atoms with Crippen molar-refractivity contribution in [2.45, 2.75) is 37.6 Å². The Balaban J connectivity index is 2.48. The van der Waals surface area contributed by atoms with Gasteiger partial charge in [0.2, 0.25) is 0 Å². The van der Waals surface area contributed by atoms with Crippen molar-refractivity contribution in [3.8, 4) is 0 Å². The lowest BCUT2D eigenvalue weighted by Crippen LogP contribution is -2.21. The van der Waals surface area contributed by atoms with Crippen molar-refractivity contribution < 1.29 is 0 Å². The summed E-state index contributed by atoms with van der Waals surface area (Å²) >= 11 is 1.85. The van der Waals surface area contributed by atoms with Crippen LogP contribution < -0.4 is 5.43 Å². The summed E-state index contributed by atoms with van der Waals surface area (Å²) in [4.78, 5) is 13.7. The summed E-state index contributed by atoms with van der Waals surface area (Å²) in [7, 11) is 0. The Morgan fingerprint density at radius 1 is 1.39 bits per heavy atom. The maximum Gasteiger partial charge on any atom is 0.192 e. The van der Waals surface area contributed by atoms with Crippen LogP contribution in [0.5, 0.6) is 0 Å². The van der Waals surface area contributed by atoms with Gasteiger partial charge < -0.3 is 4.57 Å². The van der Waals surface area contributed by atoms with Crippen molar-refractivity contribution in [2.24, 2.45) is 0 Å². The van der Waals surface area contributed by atoms with E-state index in [2.05, 4.69) is 37.6 Å². The fourth-order valence-corrected chi connectivity index (χ4v) is 3.67. The molecule has 0 N–H and O–H groups in total. The van der Waals surface area contributed by atoms with Gasteiger partial charge in [0.05, 0.1) is 5.52 Å². The molecule has 0 amide bonds. The number of hydrogen-bond acceptors (Lipinski definition) is 2. The molecule has 3 rings (SSSR count). The van der Waals surface area contributed by atoms with E-state index >= 15 is 0 Å². The van der Waals surface area contributed by atoms with Gasteiger partial charge in [0, 0.05) is 33.8 Å². The van der Waals surface area contributed by atoms with Crippen LogP contribution >= 0.6 is 11.8 Å². The number of para-hydroxylation sites is 1. The zero-order chi connectivity index (χ0) is 12.9. The second-order valence-electron chi connectivity index (χ2n) is 5.29. The molecule has 0 spiro atoms. The third-order valence-corrected chi connectivity index (χ3v) is 4.91. The molecular weight excluding hydrogens is 242 g/mol. The first-order chi connectivity index (χ1) is 8.59. The van der Waals surface area contributed by atoms with Crippen molar-refractivity contribution in [1.29, 1.82) is 0 Å². The summed E-state index contributed by atoms with van der Waals surface area (Å²) in [6.45, 7) is 6.39. The Labute approximate surface area is 111 Å². The van der Waals surface area contributed by atoms with Crippen LogP contribution in [0.3, 0.4) is 0 Å². The Morgan fingerprint density at radius 2 is 2.17 bits per heavy atom. The maximum atomic E-state index is 12.5. The fraction of sp³-hybridized carbons (Fsp3) is 0.400. The van der Waals surface area contributed by atoms with Crippen LogP contribution in [-0.4, -0.2) is 10.3 Å². The second kappa shape index (κ2) is 4.16. The van der Waals surface area contributed by atoms with Gasteiger partial charge >= 0.3 is 0 Å². The minimum atomic E-state index is 0.202. The summed E-state index contributed by atoms with van der Waals surface area (Å²) in [5.74, 6) is 1.35. The highest BCUT2D eigenvalue weighted by molar-refractivity contribution is 7.99. The molecule has 3 heteroatoms. The van der Waals surface area contributed by atoms with Gasteiger partial charge in [-0.2, -0.15) is 0 Å². The Hall–Kier alpha value is -1.22. The van der Waals surface area contributed by atoms with E-state index in [1.165, 1.54) is 4.90 Å². The predicted molar refractivity (Wildman–Crippen MR) is 77.7 cm³/mol. The largest absolute Gasteiger partial charge is 0.342 e. The van der Waals surface area contributed by atoms with Crippen LogP contribution in [0.25, 0.3) is 10.9 Å². The molecule has 1 aromatic heterocycles. The quantitative estimate of drug-likeness (QED) is 0.777. The molecule has 2 nitrogen and oxygen atoms in total. The number of nitrogens with zero attached hydrogens (tertiary/aromatic N) is 1. The molecule has 2 heterocycles. The molecule has 1 unspecified atom stereocenters. The molecule has 1 aromatic carbocycles. The van der Waals surface area contributed by atoms with Crippen LogP contribution in [-0.2, 0) is 0 Å². The number of rotatable bonds is 1. The molecule has 0 fully saturated rings. The monoisotopic (exact) mass is 259 g/mol. The molecular formula is C15H17NOS. The Bertz CT molecular complexity index is 672. The van der Waals surface area contributed by atoms with Crippen LogP contribution in [0.15, 0.2) is 34.1 Å². The average molecular weight is 259 g/mol. The van der Waals surface area contributed by atoms with E-state index in [4.69, 9.17) is 0 Å². The molecule has 0 saturated carbocycles. The molecule has 0 bridgehead atoms. The van der Waals surface area contributed by atoms with Crippen LogP contribution in [0.1, 0.15) is 38.3 Å². The molecule has 1 aliphatic rings. The fourth-order valence-electron chi connectivity index (χ4n) is 2.57. The highest BCUT2D eigenvalue weighted by Crippen LogP contribution is 2.36. The first-order valence-corrected chi connectivity index (χ1v) is 7.38. The van der Waals surface area contributed by atoms with Gasteiger partial charge in [-0.05, 0) is 25.0 Å². The minimum absolute atomic E-state index is 0.202. The van der Waals surface area contributed by atoms with Gasteiger partial charge in [0.15, 0.2) is 5.43 Å². The lowest BCUT2D eigenvalue weighted by Gasteiger charge is -2.26. The first-order valence-electron chi connectivity index (χ1n) is 6.40. The minimum Gasteiger partial charge on any atom is -0.342 e. The summed E-state index contributed by atoms with van der Waals surface area (Å²) in [5, 5.41) is 0.873.